The van der Waals surface area contributed by atoms with E-state index < -0.39 is 11.7 Å². The summed E-state index contributed by atoms with van der Waals surface area (Å²) in [5.41, 5.74) is 0.110. The van der Waals surface area contributed by atoms with E-state index in [1.54, 1.807) is 6.07 Å². The number of nitrogens with zero attached hydrogens (tertiary/aromatic N) is 2. The van der Waals surface area contributed by atoms with Gasteiger partial charge in [-0.1, -0.05) is 25.5 Å². The Morgan fingerprint density at radius 3 is 2.62 bits per heavy atom. The summed E-state index contributed by atoms with van der Waals surface area (Å²) in [6.07, 6.45) is -0.588. The Morgan fingerprint density at radius 2 is 1.95 bits per heavy atom. The van der Waals surface area contributed by atoms with Crippen molar-refractivity contribution in [1.29, 1.82) is 0 Å². The maximum Gasteiger partial charge on any atom is 0.418 e. The highest BCUT2D eigenvalue weighted by Gasteiger charge is 2.33. The summed E-state index contributed by atoms with van der Waals surface area (Å²) in [4.78, 5) is 4.27. The van der Waals surface area contributed by atoms with E-state index in [1.807, 2.05) is 17.7 Å². The highest BCUT2D eigenvalue weighted by molar-refractivity contribution is 5.60. The third-order valence-electron chi connectivity index (χ3n) is 3.13. The predicted octanol–water partition coefficient (Wildman–Crippen LogP) is 4.75. The van der Waals surface area contributed by atoms with Crippen LogP contribution in [-0.2, 0) is 12.7 Å². The number of aryl methyl sites for hydroxylation is 2. The van der Waals surface area contributed by atoms with E-state index >= 15 is 0 Å². The first-order chi connectivity index (χ1) is 9.91. The van der Waals surface area contributed by atoms with E-state index in [9.17, 15) is 13.2 Å². The van der Waals surface area contributed by atoms with Crippen LogP contribution in [0.3, 0.4) is 0 Å². The monoisotopic (exact) mass is 297 g/mol. The number of halogens is 3. The van der Waals surface area contributed by atoms with Crippen LogP contribution < -0.4 is 5.32 Å². The van der Waals surface area contributed by atoms with Crippen molar-refractivity contribution in [3.05, 3.63) is 41.7 Å². The highest BCUT2D eigenvalue weighted by atomic mass is 19.4. The fourth-order valence-electron chi connectivity index (χ4n) is 2.11. The molecule has 1 aromatic heterocycles. The molecular weight excluding hydrogens is 279 g/mol. The number of hydrogen-bond acceptors (Lipinski definition) is 2. The zero-order valence-electron chi connectivity index (χ0n) is 12.0. The third kappa shape index (κ3) is 3.77. The van der Waals surface area contributed by atoms with Gasteiger partial charge in [-0.2, -0.15) is 13.2 Å². The minimum Gasteiger partial charge on any atom is -0.325 e. The van der Waals surface area contributed by atoms with E-state index in [0.29, 0.717) is 5.95 Å². The zero-order valence-corrected chi connectivity index (χ0v) is 12.0. The quantitative estimate of drug-likeness (QED) is 0.862. The summed E-state index contributed by atoms with van der Waals surface area (Å²) in [7, 11) is 0. The van der Waals surface area contributed by atoms with Crippen LogP contribution >= 0.6 is 0 Å². The lowest BCUT2D eigenvalue weighted by Crippen LogP contribution is -2.10. The van der Waals surface area contributed by atoms with Crippen LogP contribution in [0.15, 0.2) is 30.5 Å². The molecule has 0 fully saturated rings. The van der Waals surface area contributed by atoms with Crippen LogP contribution in [0.2, 0.25) is 0 Å². The van der Waals surface area contributed by atoms with Gasteiger partial charge in [0.25, 0.3) is 0 Å². The van der Waals surface area contributed by atoms with E-state index in [4.69, 9.17) is 0 Å². The van der Waals surface area contributed by atoms with Crippen molar-refractivity contribution in [1.82, 2.24) is 9.55 Å². The Balaban J connectivity index is 2.30. The molecular formula is C15H18F3N3. The smallest absolute Gasteiger partial charge is 0.325 e. The minimum absolute atomic E-state index is 0.0216. The molecule has 0 saturated carbocycles. The van der Waals surface area contributed by atoms with E-state index in [0.717, 1.165) is 31.1 Å². The Bertz CT molecular complexity index is 602. The fourth-order valence-corrected chi connectivity index (χ4v) is 2.11. The zero-order chi connectivity index (χ0) is 15.5. The molecule has 3 nitrogen and oxygen atoms in total. The second-order valence-corrected chi connectivity index (χ2v) is 4.92. The largest absolute Gasteiger partial charge is 0.418 e. The van der Waals surface area contributed by atoms with Crippen molar-refractivity contribution in [2.45, 2.75) is 39.4 Å². The van der Waals surface area contributed by atoms with Gasteiger partial charge < -0.3 is 9.88 Å². The molecule has 6 heteroatoms. The van der Waals surface area contributed by atoms with Gasteiger partial charge in [-0.05, 0) is 25.5 Å². The summed E-state index contributed by atoms with van der Waals surface area (Å²) in [6.45, 7) is 4.62. The van der Waals surface area contributed by atoms with Crippen LogP contribution in [0, 0.1) is 6.92 Å². The van der Waals surface area contributed by atoms with Gasteiger partial charge >= 0.3 is 6.18 Å². The van der Waals surface area contributed by atoms with Gasteiger partial charge in [-0.25, -0.2) is 4.98 Å². The van der Waals surface area contributed by atoms with Gasteiger partial charge in [0.15, 0.2) is 0 Å². The Labute approximate surface area is 121 Å². The third-order valence-corrected chi connectivity index (χ3v) is 3.13. The van der Waals surface area contributed by atoms with Gasteiger partial charge in [0.05, 0.1) is 16.9 Å². The van der Waals surface area contributed by atoms with Crippen LogP contribution in [0.4, 0.5) is 24.8 Å². The number of benzene rings is 1. The Morgan fingerprint density at radius 1 is 1.24 bits per heavy atom. The van der Waals surface area contributed by atoms with E-state index in [1.165, 1.54) is 12.1 Å². The van der Waals surface area contributed by atoms with Crippen molar-refractivity contribution in [3.63, 3.8) is 0 Å². The van der Waals surface area contributed by atoms with Crippen molar-refractivity contribution >= 4 is 11.6 Å². The summed E-state index contributed by atoms with van der Waals surface area (Å²) < 4.78 is 40.8. The molecule has 0 radical (unpaired) electrons. The van der Waals surface area contributed by atoms with Crippen molar-refractivity contribution in [2.24, 2.45) is 0 Å². The Kier molecular flexibility index (Phi) is 4.55. The first kappa shape index (κ1) is 15.4. The van der Waals surface area contributed by atoms with Gasteiger partial charge in [-0.15, -0.1) is 0 Å². The lowest BCUT2D eigenvalue weighted by Gasteiger charge is -2.15. The second kappa shape index (κ2) is 6.20. The molecule has 0 aliphatic heterocycles. The molecule has 0 aliphatic rings. The lowest BCUT2D eigenvalue weighted by molar-refractivity contribution is -0.136. The molecule has 0 saturated heterocycles. The predicted molar refractivity (Wildman–Crippen MR) is 76.6 cm³/mol. The normalized spacial score (nSPS) is 11.7. The molecule has 0 atom stereocenters. The molecule has 1 heterocycles. The molecule has 21 heavy (non-hydrogen) atoms. The van der Waals surface area contributed by atoms with Crippen molar-refractivity contribution in [3.8, 4) is 0 Å². The van der Waals surface area contributed by atoms with Crippen LogP contribution in [-0.4, -0.2) is 9.55 Å². The number of para-hydroxylation sites is 1. The SMILES string of the molecule is CCCCn1cc(C)nc1Nc1ccccc1C(F)(F)F. The number of unbranched alkanes of at least 4 members (excludes halogenated alkanes) is 1. The van der Waals surface area contributed by atoms with E-state index in [2.05, 4.69) is 17.2 Å². The second-order valence-electron chi connectivity index (χ2n) is 4.92. The van der Waals surface area contributed by atoms with E-state index in [-0.39, 0.29) is 5.69 Å². The maximum atomic E-state index is 13.0. The first-order valence-corrected chi connectivity index (χ1v) is 6.89. The standard InChI is InChI=1S/C15H18F3N3/c1-3-4-9-21-10-11(2)19-14(21)20-13-8-6-5-7-12(13)15(16,17)18/h5-8,10H,3-4,9H2,1-2H3,(H,19,20). The average Bonchev–Trinajstić information content (AvgIpc) is 2.76. The molecule has 0 aliphatic carbocycles. The molecule has 1 N–H and O–H groups in total. The molecule has 0 amide bonds. The van der Waals surface area contributed by atoms with Gasteiger partial charge in [0.2, 0.25) is 5.95 Å². The number of nitrogens with one attached hydrogen (secondary N) is 1. The summed E-state index contributed by atoms with van der Waals surface area (Å²) in [5.74, 6) is 0.442. The minimum atomic E-state index is -4.39. The van der Waals surface area contributed by atoms with Crippen molar-refractivity contribution < 1.29 is 13.2 Å². The number of hydrogen-bond donors (Lipinski definition) is 1. The number of anilines is 2. The molecule has 2 rings (SSSR count). The number of imidazole rings is 1. The fraction of sp³-hybridized carbons (Fsp3) is 0.400. The van der Waals surface area contributed by atoms with Crippen molar-refractivity contribution in [2.75, 3.05) is 5.32 Å². The Hall–Kier alpha value is -1.98. The average molecular weight is 297 g/mol. The highest BCUT2D eigenvalue weighted by Crippen LogP contribution is 2.35. The number of aromatic nitrogens is 2. The van der Waals surface area contributed by atoms with Gasteiger partial charge in [0, 0.05) is 12.7 Å². The van der Waals surface area contributed by atoms with Crippen LogP contribution in [0.5, 0.6) is 0 Å². The van der Waals surface area contributed by atoms with Crippen LogP contribution in [0.1, 0.15) is 31.0 Å². The van der Waals surface area contributed by atoms with Crippen LogP contribution in [0.25, 0.3) is 0 Å². The van der Waals surface area contributed by atoms with Gasteiger partial charge in [0.1, 0.15) is 0 Å². The maximum absolute atomic E-state index is 13.0. The summed E-state index contributed by atoms with van der Waals surface area (Å²) >= 11 is 0. The number of alkyl halides is 3. The lowest BCUT2D eigenvalue weighted by atomic mass is 10.1. The molecule has 0 unspecified atom stereocenters. The summed E-state index contributed by atoms with van der Waals surface area (Å²) in [6, 6.07) is 5.43. The molecule has 2 aromatic rings. The molecule has 114 valence electrons. The van der Waals surface area contributed by atoms with Gasteiger partial charge in [-0.3, -0.25) is 0 Å². The molecule has 0 spiro atoms. The topological polar surface area (TPSA) is 29.9 Å². The molecule has 1 aromatic carbocycles. The molecule has 0 bridgehead atoms. The number of rotatable bonds is 5. The summed E-state index contributed by atoms with van der Waals surface area (Å²) in [5, 5.41) is 2.81. The first-order valence-electron chi connectivity index (χ1n) is 6.89.